The van der Waals surface area contributed by atoms with Gasteiger partial charge in [-0.15, -0.1) is 0 Å². The van der Waals surface area contributed by atoms with Gasteiger partial charge in [-0.25, -0.2) is 4.98 Å². The molecule has 1 N–H and O–H groups in total. The fourth-order valence-electron chi connectivity index (χ4n) is 1.43. The van der Waals surface area contributed by atoms with Gasteiger partial charge in [-0.1, -0.05) is 6.07 Å². The summed E-state index contributed by atoms with van der Waals surface area (Å²) in [5.41, 5.74) is 3.13. The molecule has 0 aliphatic carbocycles. The summed E-state index contributed by atoms with van der Waals surface area (Å²) in [6.07, 6.45) is 3.67. The zero-order chi connectivity index (χ0) is 10.7. The molecule has 0 aliphatic rings. The van der Waals surface area contributed by atoms with Crippen LogP contribution in [0.1, 0.15) is 5.56 Å². The third-order valence-electron chi connectivity index (χ3n) is 2.18. The molecule has 2 rings (SSSR count). The molecule has 3 heteroatoms. The molecule has 0 aliphatic heterocycles. The van der Waals surface area contributed by atoms with Crippen molar-refractivity contribution in [2.24, 2.45) is 0 Å². The van der Waals surface area contributed by atoms with E-state index in [0.717, 1.165) is 22.6 Å². The van der Waals surface area contributed by atoms with Gasteiger partial charge in [0.05, 0.1) is 5.69 Å². The maximum atomic E-state index is 4.45. The molecule has 0 spiro atoms. The van der Waals surface area contributed by atoms with E-state index in [0.29, 0.717) is 0 Å². The summed E-state index contributed by atoms with van der Waals surface area (Å²) in [5.74, 6) is 0.869. The quantitative estimate of drug-likeness (QED) is 0.807. The van der Waals surface area contributed by atoms with Gasteiger partial charge >= 0.3 is 0 Å². The molecule has 0 amide bonds. The van der Waals surface area contributed by atoms with Gasteiger partial charge in [0.2, 0.25) is 0 Å². The monoisotopic (exact) mass is 199 g/mol. The van der Waals surface area contributed by atoms with Crippen LogP contribution in [0.3, 0.4) is 0 Å². The first-order valence-corrected chi connectivity index (χ1v) is 4.86. The molecular formula is C12H13N3. The number of hydrogen-bond donors (Lipinski definition) is 1. The fourth-order valence-corrected chi connectivity index (χ4v) is 1.43. The Kier molecular flexibility index (Phi) is 2.63. The molecule has 2 heterocycles. The zero-order valence-electron chi connectivity index (χ0n) is 8.86. The predicted molar refractivity (Wildman–Crippen MR) is 61.8 cm³/mol. The van der Waals surface area contributed by atoms with Crippen LogP contribution in [0.15, 0.2) is 36.7 Å². The highest BCUT2D eigenvalue weighted by Crippen LogP contribution is 2.18. The molecule has 76 valence electrons. The van der Waals surface area contributed by atoms with Crippen LogP contribution >= 0.6 is 0 Å². The smallest absolute Gasteiger partial charge is 0.126 e. The van der Waals surface area contributed by atoms with E-state index in [-0.39, 0.29) is 0 Å². The number of pyridine rings is 2. The molecule has 0 radical (unpaired) electrons. The van der Waals surface area contributed by atoms with Crippen LogP contribution in [-0.4, -0.2) is 17.0 Å². The first kappa shape index (κ1) is 9.65. The molecule has 0 atom stereocenters. The topological polar surface area (TPSA) is 37.8 Å². The van der Waals surface area contributed by atoms with Gasteiger partial charge in [-0.3, -0.25) is 4.98 Å². The molecule has 0 aromatic carbocycles. The van der Waals surface area contributed by atoms with Crippen molar-refractivity contribution in [1.82, 2.24) is 9.97 Å². The second kappa shape index (κ2) is 4.09. The van der Waals surface area contributed by atoms with E-state index in [9.17, 15) is 0 Å². The first-order chi connectivity index (χ1) is 7.29. The molecule has 0 saturated heterocycles. The summed E-state index contributed by atoms with van der Waals surface area (Å²) < 4.78 is 0. The van der Waals surface area contributed by atoms with E-state index in [1.54, 1.807) is 0 Å². The zero-order valence-corrected chi connectivity index (χ0v) is 8.86. The lowest BCUT2D eigenvalue weighted by molar-refractivity contribution is 1.23. The lowest BCUT2D eigenvalue weighted by Gasteiger charge is -2.04. The van der Waals surface area contributed by atoms with Gasteiger partial charge < -0.3 is 5.32 Å². The van der Waals surface area contributed by atoms with Crippen LogP contribution in [0.25, 0.3) is 11.3 Å². The van der Waals surface area contributed by atoms with E-state index < -0.39 is 0 Å². The maximum Gasteiger partial charge on any atom is 0.126 e. The maximum absolute atomic E-state index is 4.45. The van der Waals surface area contributed by atoms with Gasteiger partial charge in [0.25, 0.3) is 0 Å². The average molecular weight is 199 g/mol. The Morgan fingerprint density at radius 2 is 2.07 bits per heavy atom. The Morgan fingerprint density at radius 1 is 1.20 bits per heavy atom. The Morgan fingerprint density at radius 3 is 2.80 bits per heavy atom. The van der Waals surface area contributed by atoms with E-state index in [1.807, 2.05) is 44.6 Å². The van der Waals surface area contributed by atoms with Crippen LogP contribution in [-0.2, 0) is 0 Å². The van der Waals surface area contributed by atoms with Gasteiger partial charge in [-0.2, -0.15) is 0 Å². The van der Waals surface area contributed by atoms with Gasteiger partial charge in [-0.05, 0) is 30.7 Å². The van der Waals surface area contributed by atoms with Crippen molar-refractivity contribution in [2.45, 2.75) is 6.92 Å². The largest absolute Gasteiger partial charge is 0.373 e. The Labute approximate surface area is 89.2 Å². The Hall–Kier alpha value is -1.90. The third kappa shape index (κ3) is 2.13. The van der Waals surface area contributed by atoms with Gasteiger partial charge in [0, 0.05) is 25.0 Å². The normalized spacial score (nSPS) is 10.0. The van der Waals surface area contributed by atoms with Crippen LogP contribution in [0.4, 0.5) is 5.82 Å². The third-order valence-corrected chi connectivity index (χ3v) is 2.18. The van der Waals surface area contributed by atoms with Crippen molar-refractivity contribution in [3.8, 4) is 11.3 Å². The number of aryl methyl sites for hydroxylation is 1. The standard InChI is InChI=1S/C12H13N3/c1-9-6-10(8-14-7-9)11-4-3-5-12(13-2)15-11/h3-8H,1-2H3,(H,13,15). The first-order valence-electron chi connectivity index (χ1n) is 4.86. The highest BCUT2D eigenvalue weighted by atomic mass is 15.0. The lowest BCUT2D eigenvalue weighted by Crippen LogP contribution is -1.93. The van der Waals surface area contributed by atoms with Gasteiger partial charge in [0.15, 0.2) is 0 Å². The minimum absolute atomic E-state index is 0.869. The van der Waals surface area contributed by atoms with E-state index in [2.05, 4.69) is 21.4 Å². The van der Waals surface area contributed by atoms with Gasteiger partial charge in [0.1, 0.15) is 5.82 Å². The second-order valence-electron chi connectivity index (χ2n) is 3.41. The molecule has 3 nitrogen and oxygen atoms in total. The molecule has 0 unspecified atom stereocenters. The van der Waals surface area contributed by atoms with Crippen molar-refractivity contribution < 1.29 is 0 Å². The Balaban J connectivity index is 2.44. The van der Waals surface area contributed by atoms with E-state index >= 15 is 0 Å². The summed E-state index contributed by atoms with van der Waals surface area (Å²) in [6, 6.07) is 7.98. The number of rotatable bonds is 2. The summed E-state index contributed by atoms with van der Waals surface area (Å²) in [7, 11) is 1.86. The number of anilines is 1. The molecule has 2 aromatic heterocycles. The second-order valence-corrected chi connectivity index (χ2v) is 3.41. The van der Waals surface area contributed by atoms with Crippen LogP contribution in [0.5, 0.6) is 0 Å². The molecule has 0 fully saturated rings. The minimum Gasteiger partial charge on any atom is -0.373 e. The Bertz CT molecular complexity index is 466. The average Bonchev–Trinajstić information content (AvgIpc) is 2.29. The number of hydrogen-bond acceptors (Lipinski definition) is 3. The molecular weight excluding hydrogens is 186 g/mol. The SMILES string of the molecule is CNc1cccc(-c2cncc(C)c2)n1. The van der Waals surface area contributed by atoms with E-state index in [1.165, 1.54) is 0 Å². The molecule has 15 heavy (non-hydrogen) atoms. The summed E-state index contributed by atoms with van der Waals surface area (Å²) >= 11 is 0. The number of nitrogens with zero attached hydrogens (tertiary/aromatic N) is 2. The van der Waals surface area contributed by atoms with Crippen molar-refractivity contribution in [1.29, 1.82) is 0 Å². The minimum atomic E-state index is 0.869. The van der Waals surface area contributed by atoms with Crippen molar-refractivity contribution in [3.63, 3.8) is 0 Å². The number of nitrogens with one attached hydrogen (secondary N) is 1. The summed E-state index contributed by atoms with van der Waals surface area (Å²) in [4.78, 5) is 8.61. The summed E-state index contributed by atoms with van der Waals surface area (Å²) in [5, 5.41) is 3.02. The highest BCUT2D eigenvalue weighted by molar-refractivity contribution is 5.60. The van der Waals surface area contributed by atoms with Crippen LogP contribution in [0, 0.1) is 6.92 Å². The van der Waals surface area contributed by atoms with Crippen molar-refractivity contribution in [3.05, 3.63) is 42.2 Å². The molecule has 0 bridgehead atoms. The lowest BCUT2D eigenvalue weighted by atomic mass is 10.1. The summed E-state index contributed by atoms with van der Waals surface area (Å²) in [6.45, 7) is 2.03. The van der Waals surface area contributed by atoms with E-state index in [4.69, 9.17) is 0 Å². The van der Waals surface area contributed by atoms with Crippen molar-refractivity contribution in [2.75, 3.05) is 12.4 Å². The highest BCUT2D eigenvalue weighted by Gasteiger charge is 2.00. The number of aromatic nitrogens is 2. The molecule has 2 aromatic rings. The van der Waals surface area contributed by atoms with Crippen LogP contribution in [0.2, 0.25) is 0 Å². The molecule has 0 saturated carbocycles. The van der Waals surface area contributed by atoms with Crippen LogP contribution < -0.4 is 5.32 Å². The van der Waals surface area contributed by atoms with Crippen molar-refractivity contribution >= 4 is 5.82 Å². The predicted octanol–water partition coefficient (Wildman–Crippen LogP) is 2.49. The fraction of sp³-hybridized carbons (Fsp3) is 0.167.